The Kier molecular flexibility index (Phi) is 4.42. The van der Waals surface area contributed by atoms with E-state index in [-0.39, 0.29) is 12.4 Å². The minimum absolute atomic E-state index is 0. The lowest BCUT2D eigenvalue weighted by atomic mass is 10.1. The van der Waals surface area contributed by atoms with Gasteiger partial charge in [-0.1, -0.05) is 5.16 Å². The monoisotopic (exact) mass is 235 g/mol. The van der Waals surface area contributed by atoms with E-state index in [2.05, 4.69) is 15.1 Å². The summed E-state index contributed by atoms with van der Waals surface area (Å²) >= 11 is 0. The van der Waals surface area contributed by atoms with Crippen molar-refractivity contribution >= 4 is 18.1 Å². The number of oxime groups is 1. The average Bonchev–Trinajstić information content (AvgIpc) is 2.33. The highest BCUT2D eigenvalue weighted by atomic mass is 35.5. The highest BCUT2D eigenvalue weighted by molar-refractivity contribution is 6.12. The molecule has 2 heterocycles. The molecule has 0 spiro atoms. The Labute approximate surface area is 99.1 Å². The van der Waals surface area contributed by atoms with E-state index < -0.39 is 0 Å². The van der Waals surface area contributed by atoms with Gasteiger partial charge in [0, 0.05) is 35.9 Å². The molecule has 0 amide bonds. The molecule has 4 nitrogen and oxygen atoms in total. The molecule has 0 bridgehead atoms. The largest absolute Gasteiger partial charge is 0.410 e. The van der Waals surface area contributed by atoms with Crippen LogP contribution in [0.4, 0.5) is 0 Å². The van der Waals surface area contributed by atoms with Gasteiger partial charge in [0.1, 0.15) is 5.71 Å². The summed E-state index contributed by atoms with van der Waals surface area (Å²) in [6.45, 7) is 0. The van der Waals surface area contributed by atoms with Crippen LogP contribution in [0.3, 0.4) is 0 Å². The number of pyridine rings is 2. The number of hydrogen-bond donors (Lipinski definition) is 1. The first-order chi connectivity index (χ1) is 7.42. The van der Waals surface area contributed by atoms with Crippen LogP contribution in [0.1, 0.15) is 11.1 Å². The second-order valence-electron chi connectivity index (χ2n) is 2.93. The molecule has 2 rings (SSSR count). The summed E-state index contributed by atoms with van der Waals surface area (Å²) in [7, 11) is 0. The Morgan fingerprint density at radius 1 is 1.00 bits per heavy atom. The Morgan fingerprint density at radius 3 is 1.81 bits per heavy atom. The predicted octanol–water partition coefficient (Wildman–Crippen LogP) is 2.12. The van der Waals surface area contributed by atoms with E-state index in [4.69, 9.17) is 5.21 Å². The van der Waals surface area contributed by atoms with E-state index in [0.29, 0.717) is 5.71 Å². The van der Waals surface area contributed by atoms with E-state index in [1.54, 1.807) is 36.9 Å². The van der Waals surface area contributed by atoms with Crippen LogP contribution in [0, 0.1) is 0 Å². The van der Waals surface area contributed by atoms with Crippen molar-refractivity contribution in [3.8, 4) is 0 Å². The van der Waals surface area contributed by atoms with Gasteiger partial charge in [-0.25, -0.2) is 0 Å². The lowest BCUT2D eigenvalue weighted by Crippen LogP contribution is -2.03. The maximum atomic E-state index is 8.97. The first-order valence-corrected chi connectivity index (χ1v) is 4.44. The third-order valence-corrected chi connectivity index (χ3v) is 1.97. The fraction of sp³-hybridized carbons (Fsp3) is 0. The molecule has 82 valence electrons. The zero-order valence-electron chi connectivity index (χ0n) is 8.32. The maximum Gasteiger partial charge on any atom is 0.120 e. The summed E-state index contributed by atoms with van der Waals surface area (Å²) in [5, 5.41) is 12.2. The standard InChI is InChI=1S/C11H9N3O.ClH/c15-14-11(9-3-1-5-12-7-9)10-4-2-6-13-8-10;/h1-8,15H;1H. The molecule has 2 aromatic heterocycles. The molecule has 0 aromatic carbocycles. The Bertz CT molecular complexity index is 418. The van der Waals surface area contributed by atoms with E-state index in [0.717, 1.165) is 11.1 Å². The molecule has 0 radical (unpaired) electrons. The van der Waals surface area contributed by atoms with Crippen molar-refractivity contribution in [3.63, 3.8) is 0 Å². The van der Waals surface area contributed by atoms with Gasteiger partial charge in [0.25, 0.3) is 0 Å². The zero-order chi connectivity index (χ0) is 10.5. The molecular formula is C11H10ClN3O. The molecule has 0 aliphatic rings. The third-order valence-electron chi connectivity index (χ3n) is 1.97. The maximum absolute atomic E-state index is 8.97. The molecule has 0 aliphatic heterocycles. The topological polar surface area (TPSA) is 58.4 Å². The van der Waals surface area contributed by atoms with Gasteiger partial charge in [0.05, 0.1) is 0 Å². The lowest BCUT2D eigenvalue weighted by Gasteiger charge is -2.02. The lowest BCUT2D eigenvalue weighted by molar-refractivity contribution is 0.319. The van der Waals surface area contributed by atoms with E-state index in [1.165, 1.54) is 0 Å². The van der Waals surface area contributed by atoms with Crippen molar-refractivity contribution in [3.05, 3.63) is 60.2 Å². The van der Waals surface area contributed by atoms with Crippen molar-refractivity contribution in [1.82, 2.24) is 9.97 Å². The number of nitrogens with zero attached hydrogens (tertiary/aromatic N) is 3. The van der Waals surface area contributed by atoms with E-state index >= 15 is 0 Å². The second kappa shape index (κ2) is 5.82. The molecular weight excluding hydrogens is 226 g/mol. The summed E-state index contributed by atoms with van der Waals surface area (Å²) in [5.74, 6) is 0. The molecule has 16 heavy (non-hydrogen) atoms. The Morgan fingerprint density at radius 2 is 1.50 bits per heavy atom. The molecule has 0 saturated heterocycles. The first-order valence-electron chi connectivity index (χ1n) is 4.44. The molecule has 0 fully saturated rings. The number of aromatic nitrogens is 2. The van der Waals surface area contributed by atoms with Gasteiger partial charge in [0.2, 0.25) is 0 Å². The van der Waals surface area contributed by atoms with Crippen molar-refractivity contribution in [2.45, 2.75) is 0 Å². The average molecular weight is 236 g/mol. The zero-order valence-corrected chi connectivity index (χ0v) is 9.13. The Hall–Kier alpha value is -1.94. The smallest absolute Gasteiger partial charge is 0.120 e. The van der Waals surface area contributed by atoms with Gasteiger partial charge in [-0.05, 0) is 24.3 Å². The van der Waals surface area contributed by atoms with Crippen LogP contribution >= 0.6 is 12.4 Å². The van der Waals surface area contributed by atoms with E-state index in [9.17, 15) is 0 Å². The normalized spacial score (nSPS) is 9.00. The second-order valence-corrected chi connectivity index (χ2v) is 2.93. The molecule has 0 saturated carbocycles. The van der Waals surface area contributed by atoms with Gasteiger partial charge in [-0.15, -0.1) is 12.4 Å². The molecule has 0 atom stereocenters. The molecule has 1 N–H and O–H groups in total. The van der Waals surface area contributed by atoms with Gasteiger partial charge in [-0.2, -0.15) is 0 Å². The van der Waals surface area contributed by atoms with Gasteiger partial charge < -0.3 is 5.21 Å². The van der Waals surface area contributed by atoms with Crippen LogP contribution in [0.5, 0.6) is 0 Å². The minimum Gasteiger partial charge on any atom is -0.410 e. The fourth-order valence-corrected chi connectivity index (χ4v) is 1.29. The van der Waals surface area contributed by atoms with Gasteiger partial charge in [-0.3, -0.25) is 9.97 Å². The summed E-state index contributed by atoms with van der Waals surface area (Å²) in [6, 6.07) is 7.23. The molecule has 0 unspecified atom stereocenters. The summed E-state index contributed by atoms with van der Waals surface area (Å²) in [5.41, 5.74) is 1.98. The van der Waals surface area contributed by atoms with Crippen LogP contribution in [-0.4, -0.2) is 20.9 Å². The first kappa shape index (κ1) is 12.1. The highest BCUT2D eigenvalue weighted by Crippen LogP contribution is 2.07. The van der Waals surface area contributed by atoms with Gasteiger partial charge >= 0.3 is 0 Å². The third kappa shape index (κ3) is 2.55. The summed E-state index contributed by atoms with van der Waals surface area (Å²) in [6.07, 6.45) is 6.62. The molecule has 2 aromatic rings. The number of rotatable bonds is 2. The van der Waals surface area contributed by atoms with Crippen molar-refractivity contribution in [1.29, 1.82) is 0 Å². The quantitative estimate of drug-likeness (QED) is 0.493. The molecule has 0 aliphatic carbocycles. The van der Waals surface area contributed by atoms with Crippen LogP contribution < -0.4 is 0 Å². The van der Waals surface area contributed by atoms with Crippen LogP contribution in [-0.2, 0) is 0 Å². The number of halogens is 1. The van der Waals surface area contributed by atoms with Crippen molar-refractivity contribution < 1.29 is 5.21 Å². The van der Waals surface area contributed by atoms with Crippen LogP contribution in [0.25, 0.3) is 0 Å². The highest BCUT2D eigenvalue weighted by Gasteiger charge is 2.06. The van der Waals surface area contributed by atoms with Crippen LogP contribution in [0.2, 0.25) is 0 Å². The fourth-order valence-electron chi connectivity index (χ4n) is 1.29. The minimum atomic E-state index is 0. The molecule has 5 heteroatoms. The Balaban J connectivity index is 0.00000128. The number of hydrogen-bond acceptors (Lipinski definition) is 4. The van der Waals surface area contributed by atoms with Gasteiger partial charge in [0.15, 0.2) is 0 Å². The van der Waals surface area contributed by atoms with Crippen LogP contribution in [0.15, 0.2) is 54.2 Å². The SMILES string of the molecule is Cl.ON=C(c1cccnc1)c1cccnc1. The summed E-state index contributed by atoms with van der Waals surface area (Å²) < 4.78 is 0. The predicted molar refractivity (Wildman–Crippen MR) is 63.1 cm³/mol. The van der Waals surface area contributed by atoms with Crippen molar-refractivity contribution in [2.75, 3.05) is 0 Å². The summed E-state index contributed by atoms with van der Waals surface area (Å²) in [4.78, 5) is 7.93. The van der Waals surface area contributed by atoms with E-state index in [1.807, 2.05) is 12.1 Å². The van der Waals surface area contributed by atoms with Crippen molar-refractivity contribution in [2.24, 2.45) is 5.16 Å².